The first-order valence-corrected chi connectivity index (χ1v) is 9.43. The molecule has 0 fully saturated rings. The molecule has 0 saturated heterocycles. The molecule has 1 amide bonds. The highest BCUT2D eigenvalue weighted by molar-refractivity contribution is 14.0. The van der Waals surface area contributed by atoms with Gasteiger partial charge in [-0.1, -0.05) is 32.8 Å². The van der Waals surface area contributed by atoms with Crippen LogP contribution in [0.2, 0.25) is 0 Å². The van der Waals surface area contributed by atoms with E-state index in [1.54, 1.807) is 0 Å². The summed E-state index contributed by atoms with van der Waals surface area (Å²) in [4.78, 5) is 17.2. The highest BCUT2D eigenvalue weighted by Crippen LogP contribution is 2.08. The molecule has 0 radical (unpaired) electrons. The second-order valence-electron chi connectivity index (χ2n) is 5.42. The fourth-order valence-corrected chi connectivity index (χ4v) is 2.74. The number of carbonyl (C=O) groups excluding carboxylic acids is 1. The van der Waals surface area contributed by atoms with Crippen LogP contribution in [0.3, 0.4) is 0 Å². The molecule has 1 aromatic heterocycles. The molecule has 24 heavy (non-hydrogen) atoms. The van der Waals surface area contributed by atoms with Crippen molar-refractivity contribution in [2.75, 3.05) is 26.2 Å². The predicted octanol–water partition coefficient (Wildman–Crippen LogP) is 3.48. The molecule has 0 atom stereocenters. The number of nitrogens with zero attached hydrogens (tertiary/aromatic N) is 1. The number of hydrogen-bond acceptors (Lipinski definition) is 3. The summed E-state index contributed by atoms with van der Waals surface area (Å²) < 4.78 is 0. The molecular formula is C17H31IN4OS. The zero-order chi connectivity index (χ0) is 16.9. The van der Waals surface area contributed by atoms with E-state index < -0.39 is 0 Å². The van der Waals surface area contributed by atoms with Crippen molar-refractivity contribution < 1.29 is 4.79 Å². The van der Waals surface area contributed by atoms with Crippen LogP contribution in [-0.4, -0.2) is 38.0 Å². The van der Waals surface area contributed by atoms with Gasteiger partial charge in [-0.2, -0.15) is 0 Å². The maximum atomic E-state index is 11.8. The number of halogens is 1. The van der Waals surface area contributed by atoms with Gasteiger partial charge < -0.3 is 16.0 Å². The molecule has 0 unspecified atom stereocenters. The highest BCUT2D eigenvalue weighted by Gasteiger charge is 2.05. The lowest BCUT2D eigenvalue weighted by atomic mass is 10.0. The van der Waals surface area contributed by atoms with Crippen molar-refractivity contribution in [2.24, 2.45) is 10.9 Å². The minimum Gasteiger partial charge on any atom is -0.357 e. The second kappa shape index (κ2) is 14.5. The van der Waals surface area contributed by atoms with Crippen LogP contribution in [0.1, 0.15) is 49.7 Å². The van der Waals surface area contributed by atoms with Crippen molar-refractivity contribution in [1.29, 1.82) is 0 Å². The third-order valence-corrected chi connectivity index (χ3v) is 4.55. The van der Waals surface area contributed by atoms with Crippen molar-refractivity contribution in [3.8, 4) is 0 Å². The van der Waals surface area contributed by atoms with Crippen LogP contribution in [0.15, 0.2) is 22.5 Å². The molecule has 138 valence electrons. The summed E-state index contributed by atoms with van der Waals surface area (Å²) >= 11 is 1.46. The van der Waals surface area contributed by atoms with Gasteiger partial charge in [0.05, 0.1) is 4.88 Å². The fourth-order valence-electron chi connectivity index (χ4n) is 2.10. The normalized spacial score (nSPS) is 11.1. The molecule has 5 nitrogen and oxygen atoms in total. The Labute approximate surface area is 167 Å². The number of guanidine groups is 1. The minimum atomic E-state index is 0. The van der Waals surface area contributed by atoms with Crippen LogP contribution in [0.25, 0.3) is 0 Å². The second-order valence-corrected chi connectivity index (χ2v) is 6.36. The van der Waals surface area contributed by atoms with Crippen molar-refractivity contribution in [2.45, 2.75) is 40.0 Å². The average Bonchev–Trinajstić information content (AvgIpc) is 3.09. The van der Waals surface area contributed by atoms with Gasteiger partial charge in [-0.15, -0.1) is 35.3 Å². The molecule has 7 heteroatoms. The number of nitrogens with one attached hydrogen (secondary N) is 3. The van der Waals surface area contributed by atoms with E-state index in [0.717, 1.165) is 49.7 Å². The smallest absolute Gasteiger partial charge is 0.261 e. The fraction of sp³-hybridized carbons (Fsp3) is 0.647. The minimum absolute atomic E-state index is 0. The Morgan fingerprint density at radius 3 is 2.46 bits per heavy atom. The van der Waals surface area contributed by atoms with Gasteiger partial charge in [0.1, 0.15) is 0 Å². The molecule has 0 aliphatic carbocycles. The van der Waals surface area contributed by atoms with Gasteiger partial charge in [-0.3, -0.25) is 9.79 Å². The van der Waals surface area contributed by atoms with E-state index >= 15 is 0 Å². The van der Waals surface area contributed by atoms with E-state index in [0.29, 0.717) is 12.5 Å². The van der Waals surface area contributed by atoms with Gasteiger partial charge in [0.25, 0.3) is 5.91 Å². The van der Waals surface area contributed by atoms with Gasteiger partial charge in [0, 0.05) is 26.2 Å². The Morgan fingerprint density at radius 2 is 1.88 bits per heavy atom. The molecule has 0 bridgehead atoms. The lowest BCUT2D eigenvalue weighted by molar-refractivity contribution is 0.0957. The zero-order valence-electron chi connectivity index (χ0n) is 14.9. The standard InChI is InChI=1S/C17H30N4OS.HI/c1-4-14(5-2)13-21-17(18-6-3)20-11-8-10-19-16(22)15-9-7-12-23-15;/h7,9,12,14H,4-6,8,10-11,13H2,1-3H3,(H,19,22)(H2,18,20,21);1H. The first-order chi connectivity index (χ1) is 11.2. The monoisotopic (exact) mass is 466 g/mol. The first kappa shape index (κ1) is 23.2. The SMILES string of the molecule is CCNC(=NCC(CC)CC)NCCCNC(=O)c1cccs1.I. The van der Waals surface area contributed by atoms with Crippen molar-refractivity contribution >= 4 is 47.2 Å². The van der Waals surface area contributed by atoms with Crippen LogP contribution in [0.5, 0.6) is 0 Å². The quantitative estimate of drug-likeness (QED) is 0.214. The topological polar surface area (TPSA) is 65.5 Å². The van der Waals surface area contributed by atoms with Crippen LogP contribution in [0, 0.1) is 5.92 Å². The molecule has 0 saturated carbocycles. The van der Waals surface area contributed by atoms with Crippen LogP contribution >= 0.6 is 35.3 Å². The lowest BCUT2D eigenvalue weighted by Gasteiger charge is -2.14. The van der Waals surface area contributed by atoms with E-state index in [4.69, 9.17) is 0 Å². The van der Waals surface area contributed by atoms with Gasteiger partial charge in [-0.25, -0.2) is 0 Å². The molecule has 0 aliphatic heterocycles. The largest absolute Gasteiger partial charge is 0.357 e. The van der Waals surface area contributed by atoms with Crippen molar-refractivity contribution in [3.63, 3.8) is 0 Å². The van der Waals surface area contributed by atoms with Gasteiger partial charge in [-0.05, 0) is 30.7 Å². The Hall–Kier alpha value is -0.830. The number of aliphatic imine (C=N–C) groups is 1. The molecule has 1 rings (SSSR count). The molecule has 0 aromatic carbocycles. The summed E-state index contributed by atoms with van der Waals surface area (Å²) in [6, 6.07) is 3.73. The molecule has 3 N–H and O–H groups in total. The van der Waals surface area contributed by atoms with E-state index in [1.165, 1.54) is 11.3 Å². The van der Waals surface area contributed by atoms with Crippen LogP contribution < -0.4 is 16.0 Å². The molecular weight excluding hydrogens is 435 g/mol. The Bertz CT molecular complexity index is 461. The van der Waals surface area contributed by atoms with Gasteiger partial charge >= 0.3 is 0 Å². The summed E-state index contributed by atoms with van der Waals surface area (Å²) in [6.07, 6.45) is 3.19. The van der Waals surface area contributed by atoms with Crippen LogP contribution in [0.4, 0.5) is 0 Å². The zero-order valence-corrected chi connectivity index (χ0v) is 18.1. The van der Waals surface area contributed by atoms with Crippen molar-refractivity contribution in [3.05, 3.63) is 22.4 Å². The van der Waals surface area contributed by atoms with Crippen LogP contribution in [-0.2, 0) is 0 Å². The third-order valence-electron chi connectivity index (χ3n) is 3.68. The molecule has 1 aromatic rings. The third kappa shape index (κ3) is 9.46. The summed E-state index contributed by atoms with van der Waals surface area (Å²) in [5.74, 6) is 1.52. The number of carbonyl (C=O) groups is 1. The van der Waals surface area contributed by atoms with E-state index in [9.17, 15) is 4.79 Å². The highest BCUT2D eigenvalue weighted by atomic mass is 127. The summed E-state index contributed by atoms with van der Waals surface area (Å²) in [7, 11) is 0. The summed E-state index contributed by atoms with van der Waals surface area (Å²) in [5, 5.41) is 11.4. The van der Waals surface area contributed by atoms with E-state index in [-0.39, 0.29) is 29.9 Å². The number of amides is 1. The maximum absolute atomic E-state index is 11.8. The number of rotatable bonds is 10. The lowest BCUT2D eigenvalue weighted by Crippen LogP contribution is -2.39. The van der Waals surface area contributed by atoms with Gasteiger partial charge in [0.15, 0.2) is 5.96 Å². The predicted molar refractivity (Wildman–Crippen MR) is 115 cm³/mol. The first-order valence-electron chi connectivity index (χ1n) is 8.55. The van der Waals surface area contributed by atoms with E-state index in [2.05, 4.69) is 41.7 Å². The number of hydrogen-bond donors (Lipinski definition) is 3. The summed E-state index contributed by atoms with van der Waals surface area (Å²) in [5.41, 5.74) is 0. The molecule has 0 spiro atoms. The number of thiophene rings is 1. The average molecular weight is 466 g/mol. The Morgan fingerprint density at radius 1 is 1.17 bits per heavy atom. The summed E-state index contributed by atoms with van der Waals surface area (Å²) in [6.45, 7) is 9.65. The Balaban J connectivity index is 0.00000529. The Kier molecular flexibility index (Phi) is 14.0. The van der Waals surface area contributed by atoms with Crippen molar-refractivity contribution in [1.82, 2.24) is 16.0 Å². The van der Waals surface area contributed by atoms with Gasteiger partial charge in [0.2, 0.25) is 0 Å². The molecule has 0 aliphatic rings. The molecule has 1 heterocycles. The maximum Gasteiger partial charge on any atom is 0.261 e. The van der Waals surface area contributed by atoms with E-state index in [1.807, 2.05) is 17.5 Å².